The first-order valence-electron chi connectivity index (χ1n) is 3.45. The van der Waals surface area contributed by atoms with Crippen molar-refractivity contribution in [3.05, 3.63) is 21.3 Å². The Morgan fingerprint density at radius 2 is 2.15 bits per heavy atom. The fourth-order valence-corrected chi connectivity index (χ4v) is 1.96. The zero-order valence-corrected chi connectivity index (χ0v) is 8.01. The Morgan fingerprint density at radius 1 is 1.54 bits per heavy atom. The minimum Gasteiger partial charge on any atom is -0.323 e. The highest BCUT2D eigenvalue weighted by Gasteiger charge is 2.31. The van der Waals surface area contributed by atoms with Gasteiger partial charge in [0.1, 0.15) is 0 Å². The molecule has 1 aromatic heterocycles. The molecule has 0 saturated carbocycles. The van der Waals surface area contributed by atoms with Crippen LogP contribution in [0.4, 0.5) is 13.2 Å². The molecule has 0 aliphatic heterocycles. The maximum absolute atomic E-state index is 11.9. The van der Waals surface area contributed by atoms with Crippen LogP contribution < -0.4 is 5.73 Å². The Morgan fingerprint density at radius 3 is 2.54 bits per heavy atom. The van der Waals surface area contributed by atoms with Crippen molar-refractivity contribution in [3.63, 3.8) is 0 Å². The zero-order chi connectivity index (χ0) is 10.1. The molecular formula is C7H7ClF3NS. The quantitative estimate of drug-likeness (QED) is 0.827. The van der Waals surface area contributed by atoms with Gasteiger partial charge in [-0.3, -0.25) is 0 Å². The van der Waals surface area contributed by atoms with Gasteiger partial charge in [-0.1, -0.05) is 11.6 Å². The lowest BCUT2D eigenvalue weighted by molar-refractivity contribution is -0.138. The molecule has 13 heavy (non-hydrogen) atoms. The summed E-state index contributed by atoms with van der Waals surface area (Å²) in [4.78, 5) is 0.460. The van der Waals surface area contributed by atoms with Gasteiger partial charge in [0.25, 0.3) is 0 Å². The maximum Gasteiger partial charge on any atom is 0.390 e. The van der Waals surface area contributed by atoms with Gasteiger partial charge < -0.3 is 5.73 Å². The summed E-state index contributed by atoms with van der Waals surface area (Å²) in [5.74, 6) is 0. The summed E-state index contributed by atoms with van der Waals surface area (Å²) < 4.78 is 35.7. The topological polar surface area (TPSA) is 26.0 Å². The van der Waals surface area contributed by atoms with Gasteiger partial charge in [-0.05, 0) is 6.07 Å². The van der Waals surface area contributed by atoms with Crippen molar-refractivity contribution >= 4 is 22.9 Å². The summed E-state index contributed by atoms with van der Waals surface area (Å²) in [6, 6.07) is 0.459. The molecule has 0 bridgehead atoms. The predicted octanol–water partition coefficient (Wildman–Crippen LogP) is 3.35. The number of thiophene rings is 1. The van der Waals surface area contributed by atoms with E-state index in [1.54, 1.807) is 5.38 Å². The Kier molecular flexibility index (Phi) is 3.21. The fraction of sp³-hybridized carbons (Fsp3) is 0.429. The van der Waals surface area contributed by atoms with Gasteiger partial charge in [-0.2, -0.15) is 13.2 Å². The van der Waals surface area contributed by atoms with Crippen molar-refractivity contribution in [2.45, 2.75) is 18.6 Å². The third kappa shape index (κ3) is 3.54. The van der Waals surface area contributed by atoms with Gasteiger partial charge in [0.2, 0.25) is 0 Å². The molecule has 1 heterocycles. The van der Waals surface area contributed by atoms with Crippen LogP contribution in [0.3, 0.4) is 0 Å². The van der Waals surface area contributed by atoms with Gasteiger partial charge in [-0.25, -0.2) is 0 Å². The van der Waals surface area contributed by atoms with Crippen molar-refractivity contribution in [3.8, 4) is 0 Å². The molecule has 1 atom stereocenters. The van der Waals surface area contributed by atoms with Gasteiger partial charge in [0.05, 0.1) is 11.4 Å². The summed E-state index contributed by atoms with van der Waals surface area (Å²) in [6.07, 6.45) is -5.24. The average molecular weight is 230 g/mol. The third-order valence-corrected chi connectivity index (χ3v) is 2.82. The fourth-order valence-electron chi connectivity index (χ4n) is 0.873. The summed E-state index contributed by atoms with van der Waals surface area (Å²) in [5, 5.41) is 1.99. The molecule has 0 radical (unpaired) electrons. The molecule has 74 valence electrons. The van der Waals surface area contributed by atoms with Crippen molar-refractivity contribution in [2.24, 2.45) is 5.73 Å². The van der Waals surface area contributed by atoms with Crippen LogP contribution in [0, 0.1) is 0 Å². The molecule has 0 fully saturated rings. The van der Waals surface area contributed by atoms with E-state index in [0.29, 0.717) is 9.90 Å². The van der Waals surface area contributed by atoms with Gasteiger partial charge in [-0.15, -0.1) is 11.3 Å². The molecule has 0 aliphatic rings. The number of nitrogens with two attached hydrogens (primary N) is 1. The van der Waals surface area contributed by atoms with Crippen LogP contribution in [0.25, 0.3) is 0 Å². The van der Waals surface area contributed by atoms with Crippen LogP contribution in [0.2, 0.25) is 5.02 Å². The normalized spacial score (nSPS) is 14.5. The third-order valence-electron chi connectivity index (χ3n) is 1.40. The van der Waals surface area contributed by atoms with E-state index in [9.17, 15) is 13.2 Å². The summed E-state index contributed by atoms with van der Waals surface area (Å²) >= 11 is 6.69. The van der Waals surface area contributed by atoms with Gasteiger partial charge in [0, 0.05) is 16.3 Å². The van der Waals surface area contributed by atoms with Gasteiger partial charge >= 0.3 is 6.18 Å². The van der Waals surface area contributed by atoms with E-state index in [2.05, 4.69) is 0 Å². The van der Waals surface area contributed by atoms with E-state index in [1.165, 1.54) is 6.07 Å². The van der Waals surface area contributed by atoms with E-state index >= 15 is 0 Å². The molecule has 0 amide bonds. The van der Waals surface area contributed by atoms with Crippen LogP contribution in [-0.2, 0) is 0 Å². The Labute approximate surface area is 82.3 Å². The highest BCUT2D eigenvalue weighted by molar-refractivity contribution is 7.10. The molecule has 6 heteroatoms. The smallest absolute Gasteiger partial charge is 0.323 e. The second-order valence-corrected chi connectivity index (χ2v) is 3.97. The second-order valence-electron chi connectivity index (χ2n) is 2.59. The Bertz CT molecular complexity index is 284. The second kappa shape index (κ2) is 3.86. The monoisotopic (exact) mass is 229 g/mol. The predicted molar refractivity (Wildman–Crippen MR) is 46.9 cm³/mol. The minimum atomic E-state index is -4.23. The lowest BCUT2D eigenvalue weighted by Crippen LogP contribution is -2.19. The number of rotatable bonds is 2. The van der Waals surface area contributed by atoms with Crippen molar-refractivity contribution < 1.29 is 13.2 Å². The highest BCUT2D eigenvalue weighted by Crippen LogP contribution is 2.31. The molecule has 0 unspecified atom stereocenters. The van der Waals surface area contributed by atoms with E-state index in [-0.39, 0.29) is 0 Å². The Balaban J connectivity index is 2.64. The standard InChI is InChI=1S/C7H7ClF3NS/c8-4-1-6(13-3-4)5(12)2-7(9,10)11/h1,3,5H,2,12H2/t5-/m0/s1. The van der Waals surface area contributed by atoms with Crippen molar-refractivity contribution in [1.29, 1.82) is 0 Å². The minimum absolute atomic E-state index is 0.428. The number of alkyl halides is 3. The molecule has 0 spiro atoms. The summed E-state index contributed by atoms with van der Waals surface area (Å²) in [6.45, 7) is 0. The van der Waals surface area contributed by atoms with E-state index in [0.717, 1.165) is 11.3 Å². The van der Waals surface area contributed by atoms with Gasteiger partial charge in [0.15, 0.2) is 0 Å². The molecule has 0 aromatic carbocycles. The average Bonchev–Trinajstić information content (AvgIpc) is 2.31. The first-order chi connectivity index (χ1) is 5.88. The number of halogens is 4. The molecule has 1 rings (SSSR count). The first-order valence-corrected chi connectivity index (χ1v) is 4.70. The van der Waals surface area contributed by atoms with Crippen LogP contribution in [0.5, 0.6) is 0 Å². The number of hydrogen-bond acceptors (Lipinski definition) is 2. The Hall–Kier alpha value is -0.260. The largest absolute Gasteiger partial charge is 0.390 e. The van der Waals surface area contributed by atoms with Crippen LogP contribution >= 0.6 is 22.9 Å². The molecule has 2 N–H and O–H groups in total. The number of hydrogen-bond donors (Lipinski definition) is 1. The summed E-state index contributed by atoms with van der Waals surface area (Å²) in [7, 11) is 0. The molecule has 1 aromatic rings. The van der Waals surface area contributed by atoms with Crippen LogP contribution in [-0.4, -0.2) is 6.18 Å². The first kappa shape index (κ1) is 10.8. The molecule has 0 aliphatic carbocycles. The lowest BCUT2D eigenvalue weighted by atomic mass is 10.2. The summed E-state index contributed by atoms with van der Waals surface area (Å²) in [5.41, 5.74) is 5.33. The van der Waals surface area contributed by atoms with E-state index in [4.69, 9.17) is 17.3 Å². The van der Waals surface area contributed by atoms with Crippen LogP contribution in [0.1, 0.15) is 17.3 Å². The van der Waals surface area contributed by atoms with Crippen molar-refractivity contribution in [1.82, 2.24) is 0 Å². The van der Waals surface area contributed by atoms with E-state index in [1.807, 2.05) is 0 Å². The highest BCUT2D eigenvalue weighted by atomic mass is 35.5. The molecule has 1 nitrogen and oxygen atoms in total. The molecule has 0 saturated heterocycles. The SMILES string of the molecule is N[C@@H](CC(F)(F)F)c1cc(Cl)cs1. The molecular weight excluding hydrogens is 223 g/mol. The maximum atomic E-state index is 11.9. The van der Waals surface area contributed by atoms with Crippen LogP contribution in [0.15, 0.2) is 11.4 Å². The van der Waals surface area contributed by atoms with Crippen molar-refractivity contribution in [2.75, 3.05) is 0 Å². The lowest BCUT2D eigenvalue weighted by Gasteiger charge is -2.11. The van der Waals surface area contributed by atoms with E-state index < -0.39 is 18.6 Å². The zero-order valence-electron chi connectivity index (χ0n) is 6.44.